The number of hydrogen-bond acceptors (Lipinski definition) is 4. The number of amides is 2. The van der Waals surface area contributed by atoms with Crippen LogP contribution in [0.4, 0.5) is 15.8 Å². The minimum Gasteiger partial charge on any atom is -0.369 e. The van der Waals surface area contributed by atoms with Gasteiger partial charge in [0.25, 0.3) is 11.8 Å². The van der Waals surface area contributed by atoms with Crippen LogP contribution in [0, 0.1) is 12.7 Å². The number of anilines is 2. The zero-order chi connectivity index (χ0) is 21.3. The number of thiocarbonyl (C=S) groups is 1. The van der Waals surface area contributed by atoms with Crippen LogP contribution in [0.25, 0.3) is 6.08 Å². The number of benzene rings is 2. The quantitative estimate of drug-likeness (QED) is 0.461. The van der Waals surface area contributed by atoms with E-state index in [2.05, 4.69) is 5.32 Å². The van der Waals surface area contributed by atoms with Crippen LogP contribution in [0.5, 0.6) is 0 Å². The summed E-state index contributed by atoms with van der Waals surface area (Å²) in [5.41, 5.74) is 2.37. The van der Waals surface area contributed by atoms with Gasteiger partial charge < -0.3 is 4.90 Å². The molecule has 0 unspecified atom stereocenters. The first-order chi connectivity index (χ1) is 14.5. The van der Waals surface area contributed by atoms with E-state index in [9.17, 15) is 14.0 Å². The minimum absolute atomic E-state index is 0.0306. The molecule has 2 heterocycles. The highest BCUT2D eigenvalue weighted by Crippen LogP contribution is 2.27. The number of halogens is 1. The molecule has 2 aliphatic rings. The predicted octanol–water partition coefficient (Wildman–Crippen LogP) is 3.96. The Morgan fingerprint density at radius 1 is 1.03 bits per heavy atom. The predicted molar refractivity (Wildman–Crippen MR) is 120 cm³/mol. The topological polar surface area (TPSA) is 52.7 Å². The molecule has 0 radical (unpaired) electrons. The molecule has 0 saturated carbocycles. The number of nitrogens with zero attached hydrogens (tertiary/aromatic N) is 2. The molecule has 7 heteroatoms. The highest BCUT2D eigenvalue weighted by Gasteiger charge is 2.35. The Morgan fingerprint density at radius 2 is 1.77 bits per heavy atom. The van der Waals surface area contributed by atoms with Crippen molar-refractivity contribution in [1.82, 2.24) is 5.32 Å². The van der Waals surface area contributed by atoms with E-state index < -0.39 is 11.8 Å². The van der Waals surface area contributed by atoms with Crippen molar-refractivity contribution in [3.63, 3.8) is 0 Å². The van der Waals surface area contributed by atoms with Crippen molar-refractivity contribution in [3.05, 3.63) is 65.0 Å². The van der Waals surface area contributed by atoms with Gasteiger partial charge in [0.1, 0.15) is 11.4 Å². The van der Waals surface area contributed by atoms with Gasteiger partial charge in [-0.3, -0.25) is 19.8 Å². The third kappa shape index (κ3) is 3.85. The van der Waals surface area contributed by atoms with Gasteiger partial charge in [-0.2, -0.15) is 0 Å². The third-order valence-corrected chi connectivity index (χ3v) is 5.72. The average molecular weight is 424 g/mol. The molecule has 2 amide bonds. The lowest BCUT2D eigenvalue weighted by Crippen LogP contribution is -2.54. The zero-order valence-corrected chi connectivity index (χ0v) is 17.5. The SMILES string of the molecule is Cc1ccccc1N1C(=O)/C(=C/c2ccc(N3CCCCC3)c(F)c2)C(=O)NC1=S. The monoisotopic (exact) mass is 423 g/mol. The van der Waals surface area contributed by atoms with E-state index >= 15 is 0 Å². The Labute approximate surface area is 180 Å². The van der Waals surface area contributed by atoms with Gasteiger partial charge in [0.05, 0.1) is 11.4 Å². The summed E-state index contributed by atoms with van der Waals surface area (Å²) in [7, 11) is 0. The fourth-order valence-corrected chi connectivity index (χ4v) is 4.14. The Bertz CT molecular complexity index is 1060. The lowest BCUT2D eigenvalue weighted by Gasteiger charge is -2.30. The number of nitrogens with one attached hydrogen (secondary N) is 1. The second kappa shape index (κ2) is 8.36. The lowest BCUT2D eigenvalue weighted by atomic mass is 10.0. The van der Waals surface area contributed by atoms with Gasteiger partial charge in [-0.1, -0.05) is 24.3 Å². The van der Waals surface area contributed by atoms with Gasteiger partial charge in [-0.05, 0) is 73.8 Å². The normalized spacial score (nSPS) is 18.7. The van der Waals surface area contributed by atoms with Crippen molar-refractivity contribution in [3.8, 4) is 0 Å². The first-order valence-electron chi connectivity index (χ1n) is 9.97. The van der Waals surface area contributed by atoms with Gasteiger partial charge >= 0.3 is 0 Å². The van der Waals surface area contributed by atoms with E-state index in [0.29, 0.717) is 16.9 Å². The number of rotatable bonds is 3. The van der Waals surface area contributed by atoms with Crippen LogP contribution >= 0.6 is 12.2 Å². The summed E-state index contributed by atoms with van der Waals surface area (Å²) in [4.78, 5) is 28.9. The van der Waals surface area contributed by atoms with Crippen molar-refractivity contribution < 1.29 is 14.0 Å². The molecule has 0 atom stereocenters. The van der Waals surface area contributed by atoms with Crippen LogP contribution in [-0.2, 0) is 9.59 Å². The Kier molecular flexibility index (Phi) is 5.63. The summed E-state index contributed by atoms with van der Waals surface area (Å²) in [5.74, 6) is -1.48. The van der Waals surface area contributed by atoms with E-state index in [1.54, 1.807) is 24.3 Å². The van der Waals surface area contributed by atoms with Gasteiger partial charge in [0.15, 0.2) is 5.11 Å². The molecule has 2 aromatic carbocycles. The molecule has 0 aliphatic carbocycles. The highest BCUT2D eigenvalue weighted by atomic mass is 32.1. The van der Waals surface area contributed by atoms with Gasteiger partial charge in [-0.25, -0.2) is 4.39 Å². The summed E-state index contributed by atoms with van der Waals surface area (Å²) in [6, 6.07) is 12.1. The summed E-state index contributed by atoms with van der Waals surface area (Å²) >= 11 is 5.23. The smallest absolute Gasteiger partial charge is 0.270 e. The van der Waals surface area contributed by atoms with E-state index in [4.69, 9.17) is 12.2 Å². The summed E-state index contributed by atoms with van der Waals surface area (Å²) < 4.78 is 14.8. The molecule has 0 bridgehead atoms. The molecule has 2 aromatic rings. The van der Waals surface area contributed by atoms with Crippen molar-refractivity contribution in [2.45, 2.75) is 26.2 Å². The molecule has 2 aliphatic heterocycles. The lowest BCUT2D eigenvalue weighted by molar-refractivity contribution is -0.122. The van der Waals surface area contributed by atoms with Crippen LogP contribution < -0.4 is 15.1 Å². The molecule has 0 spiro atoms. The second-order valence-corrected chi connectivity index (χ2v) is 7.89. The maximum Gasteiger partial charge on any atom is 0.270 e. The molecule has 30 heavy (non-hydrogen) atoms. The van der Waals surface area contributed by atoms with Crippen molar-refractivity contribution in [1.29, 1.82) is 0 Å². The Morgan fingerprint density at radius 3 is 2.47 bits per heavy atom. The molecular formula is C23H22FN3O2S. The fraction of sp³-hybridized carbons (Fsp3) is 0.261. The third-order valence-electron chi connectivity index (χ3n) is 5.44. The van der Waals surface area contributed by atoms with E-state index in [0.717, 1.165) is 31.5 Å². The molecule has 154 valence electrons. The van der Waals surface area contributed by atoms with Gasteiger partial charge in [0.2, 0.25) is 0 Å². The first-order valence-corrected chi connectivity index (χ1v) is 10.4. The van der Waals surface area contributed by atoms with Crippen LogP contribution in [0.2, 0.25) is 0 Å². The van der Waals surface area contributed by atoms with Crippen molar-refractivity contribution in [2.24, 2.45) is 0 Å². The van der Waals surface area contributed by atoms with Crippen LogP contribution in [-0.4, -0.2) is 30.0 Å². The molecule has 1 N–H and O–H groups in total. The number of hydrogen-bond donors (Lipinski definition) is 1. The van der Waals surface area contributed by atoms with E-state index in [1.807, 2.05) is 24.0 Å². The number of aryl methyl sites for hydroxylation is 1. The van der Waals surface area contributed by atoms with Crippen LogP contribution in [0.1, 0.15) is 30.4 Å². The van der Waals surface area contributed by atoms with Crippen LogP contribution in [0.3, 0.4) is 0 Å². The van der Waals surface area contributed by atoms with Crippen molar-refractivity contribution in [2.75, 3.05) is 22.9 Å². The standard InChI is InChI=1S/C23H22FN3O2S/c1-15-7-3-4-8-19(15)27-22(29)17(21(28)25-23(27)30)13-16-9-10-20(18(24)14-16)26-11-5-2-6-12-26/h3-4,7-10,13-14H,2,5-6,11-12H2,1H3,(H,25,28,30)/b17-13+. The number of carbonyl (C=O) groups excluding carboxylic acids is 2. The Balaban J connectivity index is 1.66. The molecule has 4 rings (SSSR count). The largest absolute Gasteiger partial charge is 0.369 e. The second-order valence-electron chi connectivity index (χ2n) is 7.50. The van der Waals surface area contributed by atoms with E-state index in [-0.39, 0.29) is 16.5 Å². The molecule has 2 saturated heterocycles. The Hall–Kier alpha value is -3.06. The van der Waals surface area contributed by atoms with E-state index in [1.165, 1.54) is 23.5 Å². The maximum absolute atomic E-state index is 14.8. The molecular weight excluding hydrogens is 401 g/mol. The molecule has 5 nitrogen and oxygen atoms in total. The summed E-state index contributed by atoms with van der Waals surface area (Å²) in [6.07, 6.45) is 4.68. The maximum atomic E-state index is 14.8. The summed E-state index contributed by atoms with van der Waals surface area (Å²) in [6.45, 7) is 3.53. The number of carbonyl (C=O) groups is 2. The first kappa shape index (κ1) is 20.2. The van der Waals surface area contributed by atoms with Crippen molar-refractivity contribution >= 4 is 46.6 Å². The van der Waals surface area contributed by atoms with Crippen LogP contribution in [0.15, 0.2) is 48.0 Å². The van der Waals surface area contributed by atoms with Gasteiger partial charge in [-0.15, -0.1) is 0 Å². The summed E-state index contributed by atoms with van der Waals surface area (Å²) in [5, 5.41) is 2.59. The fourth-order valence-electron chi connectivity index (χ4n) is 3.86. The minimum atomic E-state index is -0.588. The zero-order valence-electron chi connectivity index (χ0n) is 16.7. The van der Waals surface area contributed by atoms with Gasteiger partial charge in [0, 0.05) is 13.1 Å². The average Bonchev–Trinajstić information content (AvgIpc) is 2.73. The molecule has 2 fully saturated rings. The highest BCUT2D eigenvalue weighted by molar-refractivity contribution is 7.80. The number of piperidine rings is 1. The number of para-hydroxylation sites is 1. The molecule has 0 aromatic heterocycles.